The number of nitrogens with zero attached hydrogens (tertiary/aromatic N) is 2. The summed E-state index contributed by atoms with van der Waals surface area (Å²) in [6, 6.07) is 10.00. The molecule has 0 bridgehead atoms. The van der Waals surface area contributed by atoms with Gasteiger partial charge in [0.1, 0.15) is 24.6 Å². The first-order chi connectivity index (χ1) is 15.7. The van der Waals surface area contributed by atoms with Crippen LogP contribution in [0.15, 0.2) is 42.6 Å². The highest BCUT2D eigenvalue weighted by molar-refractivity contribution is 5.66. The van der Waals surface area contributed by atoms with E-state index in [1.165, 1.54) is 32.2 Å². The van der Waals surface area contributed by atoms with Crippen molar-refractivity contribution in [3.8, 4) is 11.5 Å². The van der Waals surface area contributed by atoms with Crippen molar-refractivity contribution in [1.29, 1.82) is 0 Å². The quantitative estimate of drug-likeness (QED) is 0.344. The standard InChI is InChI=1S/C23H26N2O8/c1-13-14(2)23(31-16(4)27)20(12-30-15(3)26)33-22(13)17-6-5-7-18(10-17)32-19-8-9-21(24-11-19)25(28)29/h5-11,13-14,20,22-23H,12H2,1-4H3/t13-,14+,20+,22?,23-/m0/s1. The van der Waals surface area contributed by atoms with E-state index in [9.17, 15) is 19.7 Å². The van der Waals surface area contributed by atoms with Crippen molar-refractivity contribution in [3.05, 3.63) is 58.3 Å². The molecular weight excluding hydrogens is 432 g/mol. The van der Waals surface area contributed by atoms with Crippen LogP contribution in [0, 0.1) is 22.0 Å². The van der Waals surface area contributed by atoms with E-state index in [1.54, 1.807) is 6.07 Å². The minimum atomic E-state index is -0.627. The van der Waals surface area contributed by atoms with Gasteiger partial charge < -0.3 is 29.1 Å². The zero-order valence-electron chi connectivity index (χ0n) is 18.8. The second kappa shape index (κ2) is 10.4. The molecule has 2 aromatic rings. The van der Waals surface area contributed by atoms with Crippen molar-refractivity contribution in [3.63, 3.8) is 0 Å². The van der Waals surface area contributed by atoms with Crippen molar-refractivity contribution in [2.75, 3.05) is 6.61 Å². The Morgan fingerprint density at radius 3 is 2.45 bits per heavy atom. The first-order valence-corrected chi connectivity index (χ1v) is 10.5. The number of hydrogen-bond donors (Lipinski definition) is 0. The molecule has 0 N–H and O–H groups in total. The first kappa shape index (κ1) is 24.1. The number of carbonyl (C=O) groups is 2. The molecule has 1 fully saturated rings. The third kappa shape index (κ3) is 6.04. The topological polar surface area (TPSA) is 127 Å². The van der Waals surface area contributed by atoms with Crippen molar-refractivity contribution >= 4 is 17.8 Å². The molecule has 0 radical (unpaired) electrons. The number of aromatic nitrogens is 1. The van der Waals surface area contributed by atoms with E-state index < -0.39 is 29.1 Å². The van der Waals surface area contributed by atoms with Gasteiger partial charge in [-0.15, -0.1) is 0 Å². The second-order valence-electron chi connectivity index (χ2n) is 7.97. The Kier molecular flexibility index (Phi) is 7.59. The molecule has 3 rings (SSSR count). The lowest BCUT2D eigenvalue weighted by molar-refractivity contribution is -0.389. The number of carbonyl (C=O) groups excluding carboxylic acids is 2. The summed E-state index contributed by atoms with van der Waals surface area (Å²) in [5.74, 6) is -0.390. The highest BCUT2D eigenvalue weighted by Gasteiger charge is 2.44. The number of esters is 2. The van der Waals surface area contributed by atoms with Crippen molar-refractivity contribution in [1.82, 2.24) is 4.98 Å². The van der Waals surface area contributed by atoms with Gasteiger partial charge in [-0.3, -0.25) is 9.59 Å². The average molecular weight is 458 g/mol. The Labute approximate surface area is 191 Å². The summed E-state index contributed by atoms with van der Waals surface area (Å²) in [6.45, 7) is 6.58. The summed E-state index contributed by atoms with van der Waals surface area (Å²) in [6.07, 6.45) is -0.270. The molecular formula is C23H26N2O8. The molecule has 1 saturated heterocycles. The fourth-order valence-corrected chi connectivity index (χ4v) is 3.83. The largest absolute Gasteiger partial charge is 0.463 e. The van der Waals surface area contributed by atoms with Gasteiger partial charge in [0.05, 0.1) is 6.10 Å². The van der Waals surface area contributed by atoms with Gasteiger partial charge in [-0.25, -0.2) is 0 Å². The molecule has 2 heterocycles. The van der Waals surface area contributed by atoms with E-state index in [-0.39, 0.29) is 30.4 Å². The predicted molar refractivity (Wildman–Crippen MR) is 116 cm³/mol. The number of nitro groups is 1. The van der Waals surface area contributed by atoms with E-state index in [0.29, 0.717) is 11.5 Å². The summed E-state index contributed by atoms with van der Waals surface area (Å²) < 4.78 is 22.7. The van der Waals surface area contributed by atoms with Crippen LogP contribution in [0.5, 0.6) is 11.5 Å². The molecule has 33 heavy (non-hydrogen) atoms. The Balaban J connectivity index is 1.81. The maximum Gasteiger partial charge on any atom is 0.363 e. The smallest absolute Gasteiger partial charge is 0.363 e. The molecule has 0 spiro atoms. The molecule has 1 aliphatic rings. The lowest BCUT2D eigenvalue weighted by Gasteiger charge is -2.44. The maximum absolute atomic E-state index is 11.6. The van der Waals surface area contributed by atoms with Crippen LogP contribution in [0.4, 0.5) is 5.82 Å². The predicted octanol–water partition coefficient (Wildman–Crippen LogP) is 3.99. The van der Waals surface area contributed by atoms with Crippen LogP contribution in [0.1, 0.15) is 39.4 Å². The van der Waals surface area contributed by atoms with Gasteiger partial charge in [0.2, 0.25) is 0 Å². The molecule has 176 valence electrons. The van der Waals surface area contributed by atoms with E-state index in [4.69, 9.17) is 18.9 Å². The highest BCUT2D eigenvalue weighted by atomic mass is 16.6. The van der Waals surface area contributed by atoms with Crippen LogP contribution >= 0.6 is 0 Å². The van der Waals surface area contributed by atoms with Crippen molar-refractivity contribution in [2.45, 2.75) is 46.0 Å². The van der Waals surface area contributed by atoms with Crippen LogP contribution in [0.3, 0.4) is 0 Å². The average Bonchev–Trinajstić information content (AvgIpc) is 2.76. The van der Waals surface area contributed by atoms with Gasteiger partial charge >= 0.3 is 17.8 Å². The summed E-state index contributed by atoms with van der Waals surface area (Å²) in [4.78, 5) is 36.9. The molecule has 0 amide bonds. The highest BCUT2D eigenvalue weighted by Crippen LogP contribution is 2.42. The van der Waals surface area contributed by atoms with Gasteiger partial charge in [0.15, 0.2) is 11.9 Å². The summed E-state index contributed by atoms with van der Waals surface area (Å²) >= 11 is 0. The Morgan fingerprint density at radius 1 is 1.09 bits per heavy atom. The molecule has 5 atom stereocenters. The van der Waals surface area contributed by atoms with Gasteiger partial charge in [0, 0.05) is 25.8 Å². The number of pyridine rings is 1. The van der Waals surface area contributed by atoms with Gasteiger partial charge in [-0.1, -0.05) is 26.0 Å². The molecule has 1 aliphatic heterocycles. The summed E-state index contributed by atoms with van der Waals surface area (Å²) in [7, 11) is 0. The molecule has 1 aromatic carbocycles. The van der Waals surface area contributed by atoms with Gasteiger partial charge in [-0.05, 0) is 39.6 Å². The van der Waals surface area contributed by atoms with Gasteiger partial charge in [0.25, 0.3) is 0 Å². The molecule has 1 aromatic heterocycles. The minimum absolute atomic E-state index is 0.0285. The van der Waals surface area contributed by atoms with Crippen molar-refractivity contribution < 1.29 is 33.5 Å². The Morgan fingerprint density at radius 2 is 1.85 bits per heavy atom. The van der Waals surface area contributed by atoms with Crippen LogP contribution in [-0.4, -0.2) is 40.7 Å². The van der Waals surface area contributed by atoms with E-state index in [1.807, 2.05) is 32.0 Å². The Bertz CT molecular complexity index is 1010. The molecule has 10 nitrogen and oxygen atoms in total. The lowest BCUT2D eigenvalue weighted by Crippen LogP contribution is -2.50. The normalized spacial score (nSPS) is 24.5. The summed E-state index contributed by atoms with van der Waals surface area (Å²) in [5, 5.41) is 10.8. The van der Waals surface area contributed by atoms with E-state index in [0.717, 1.165) is 5.56 Å². The van der Waals surface area contributed by atoms with Crippen LogP contribution in [0.2, 0.25) is 0 Å². The van der Waals surface area contributed by atoms with E-state index >= 15 is 0 Å². The zero-order chi connectivity index (χ0) is 24.1. The SMILES string of the molecule is CC(=O)OC[C@H]1OC(c2cccc(Oc3ccc([N+](=O)[O-])nc3)c2)[C@@H](C)[C@@H](C)[C@@H]1OC(C)=O. The fourth-order valence-electron chi connectivity index (χ4n) is 3.83. The third-order valence-electron chi connectivity index (χ3n) is 5.60. The second-order valence-corrected chi connectivity index (χ2v) is 7.97. The lowest BCUT2D eigenvalue weighted by atomic mass is 9.79. The number of benzene rings is 1. The summed E-state index contributed by atoms with van der Waals surface area (Å²) in [5.41, 5.74) is 0.829. The van der Waals surface area contributed by atoms with E-state index in [2.05, 4.69) is 4.98 Å². The third-order valence-corrected chi connectivity index (χ3v) is 5.60. The number of hydrogen-bond acceptors (Lipinski definition) is 9. The van der Waals surface area contributed by atoms with Crippen LogP contribution < -0.4 is 4.74 Å². The Hall–Kier alpha value is -3.53. The van der Waals surface area contributed by atoms with Gasteiger partial charge in [-0.2, -0.15) is 0 Å². The zero-order valence-corrected chi connectivity index (χ0v) is 18.8. The molecule has 1 unspecified atom stereocenters. The fraction of sp³-hybridized carbons (Fsp3) is 0.435. The first-order valence-electron chi connectivity index (χ1n) is 10.5. The molecule has 0 aliphatic carbocycles. The van der Waals surface area contributed by atoms with Crippen molar-refractivity contribution in [2.24, 2.45) is 11.8 Å². The number of rotatable bonds is 7. The number of ether oxygens (including phenoxy) is 4. The van der Waals surface area contributed by atoms with Crippen LogP contribution in [0.25, 0.3) is 0 Å². The minimum Gasteiger partial charge on any atom is -0.463 e. The van der Waals surface area contributed by atoms with Crippen LogP contribution in [-0.2, 0) is 23.8 Å². The molecule has 10 heteroatoms. The monoisotopic (exact) mass is 458 g/mol. The maximum atomic E-state index is 11.6. The molecule has 0 saturated carbocycles.